The van der Waals surface area contributed by atoms with E-state index in [2.05, 4.69) is 10.6 Å². The maximum absolute atomic E-state index is 12.6. The second-order valence-corrected chi connectivity index (χ2v) is 9.83. The van der Waals surface area contributed by atoms with Crippen molar-refractivity contribution in [1.82, 2.24) is 10.6 Å². The summed E-state index contributed by atoms with van der Waals surface area (Å²) in [6.07, 6.45) is 0.304. The largest absolute Gasteiger partial charge is 0.497 e. The molecule has 0 heterocycles. The fourth-order valence-electron chi connectivity index (χ4n) is 3.02. The van der Waals surface area contributed by atoms with Crippen molar-refractivity contribution in [3.05, 3.63) is 65.7 Å². The fourth-order valence-corrected chi connectivity index (χ4v) is 4.44. The average molecular weight is 447 g/mol. The SMILES string of the molecule is COc1ccc(C(=O)NC(C(=O)NCCCS(=O)(=O)Cc2ccccc2)C(C)C)cc1. The average Bonchev–Trinajstić information content (AvgIpc) is 2.75. The first-order valence-corrected chi connectivity index (χ1v) is 12.0. The molecule has 0 aliphatic carbocycles. The summed E-state index contributed by atoms with van der Waals surface area (Å²) >= 11 is 0. The number of hydrogen-bond donors (Lipinski definition) is 2. The van der Waals surface area contributed by atoms with Crippen LogP contribution in [0.4, 0.5) is 0 Å². The van der Waals surface area contributed by atoms with Gasteiger partial charge in [-0.1, -0.05) is 44.2 Å². The van der Waals surface area contributed by atoms with Gasteiger partial charge < -0.3 is 15.4 Å². The maximum atomic E-state index is 12.6. The van der Waals surface area contributed by atoms with E-state index in [1.807, 2.05) is 19.9 Å². The van der Waals surface area contributed by atoms with E-state index in [1.165, 1.54) is 0 Å². The van der Waals surface area contributed by atoms with Gasteiger partial charge in [0.25, 0.3) is 5.91 Å². The summed E-state index contributed by atoms with van der Waals surface area (Å²) in [4.78, 5) is 25.1. The molecule has 2 amide bonds. The van der Waals surface area contributed by atoms with Gasteiger partial charge in [-0.3, -0.25) is 9.59 Å². The highest BCUT2D eigenvalue weighted by Crippen LogP contribution is 2.12. The molecule has 0 bridgehead atoms. The van der Waals surface area contributed by atoms with Crippen LogP contribution in [0.2, 0.25) is 0 Å². The zero-order valence-corrected chi connectivity index (χ0v) is 18.9. The Bertz CT molecular complexity index is 957. The molecule has 0 aliphatic rings. The van der Waals surface area contributed by atoms with Crippen molar-refractivity contribution in [2.75, 3.05) is 19.4 Å². The molecule has 0 saturated carbocycles. The first-order valence-electron chi connectivity index (χ1n) is 10.2. The molecule has 1 atom stereocenters. The number of methoxy groups -OCH3 is 1. The first kappa shape index (κ1) is 24.4. The molecule has 0 radical (unpaired) electrons. The number of sulfone groups is 1. The van der Waals surface area contributed by atoms with Crippen molar-refractivity contribution in [1.29, 1.82) is 0 Å². The summed E-state index contributed by atoms with van der Waals surface area (Å²) in [6.45, 7) is 3.89. The van der Waals surface area contributed by atoms with Gasteiger partial charge in [-0.25, -0.2) is 8.42 Å². The highest BCUT2D eigenvalue weighted by Gasteiger charge is 2.24. The summed E-state index contributed by atoms with van der Waals surface area (Å²) < 4.78 is 29.6. The molecule has 2 aromatic carbocycles. The third kappa shape index (κ3) is 8.05. The van der Waals surface area contributed by atoms with Crippen molar-refractivity contribution in [3.8, 4) is 5.75 Å². The number of hydrogen-bond acceptors (Lipinski definition) is 5. The van der Waals surface area contributed by atoms with E-state index >= 15 is 0 Å². The Hall–Kier alpha value is -2.87. The van der Waals surface area contributed by atoms with Crippen LogP contribution < -0.4 is 15.4 Å². The zero-order valence-electron chi connectivity index (χ0n) is 18.1. The van der Waals surface area contributed by atoms with Crippen molar-refractivity contribution < 1.29 is 22.7 Å². The van der Waals surface area contributed by atoms with E-state index in [1.54, 1.807) is 55.6 Å². The molecule has 0 aliphatic heterocycles. The van der Waals surface area contributed by atoms with E-state index in [0.29, 0.717) is 17.7 Å². The Morgan fingerprint density at radius 1 is 1.00 bits per heavy atom. The molecule has 2 N–H and O–H groups in total. The Balaban J connectivity index is 1.84. The number of nitrogens with one attached hydrogen (secondary N) is 2. The third-order valence-electron chi connectivity index (χ3n) is 4.75. The van der Waals surface area contributed by atoms with Crippen molar-refractivity contribution >= 4 is 21.7 Å². The van der Waals surface area contributed by atoms with Gasteiger partial charge in [0.2, 0.25) is 5.91 Å². The van der Waals surface area contributed by atoms with E-state index in [4.69, 9.17) is 4.74 Å². The fraction of sp³-hybridized carbons (Fsp3) is 0.391. The second-order valence-electron chi connectivity index (χ2n) is 7.65. The van der Waals surface area contributed by atoms with Crippen LogP contribution in [0, 0.1) is 5.92 Å². The lowest BCUT2D eigenvalue weighted by molar-refractivity contribution is -0.123. The van der Waals surface area contributed by atoms with Crippen LogP contribution in [-0.4, -0.2) is 45.7 Å². The van der Waals surface area contributed by atoms with Crippen molar-refractivity contribution in [2.24, 2.45) is 5.92 Å². The lowest BCUT2D eigenvalue weighted by Gasteiger charge is -2.22. The third-order valence-corrected chi connectivity index (χ3v) is 6.43. The molecule has 7 nitrogen and oxygen atoms in total. The zero-order chi connectivity index (χ0) is 22.9. The molecular weight excluding hydrogens is 416 g/mol. The van der Waals surface area contributed by atoms with E-state index in [-0.39, 0.29) is 35.8 Å². The Kier molecular flexibility index (Phi) is 9.05. The van der Waals surface area contributed by atoms with Gasteiger partial charge in [-0.15, -0.1) is 0 Å². The minimum Gasteiger partial charge on any atom is -0.497 e. The predicted molar refractivity (Wildman–Crippen MR) is 121 cm³/mol. The number of rotatable bonds is 11. The van der Waals surface area contributed by atoms with Gasteiger partial charge in [0.05, 0.1) is 18.6 Å². The van der Waals surface area contributed by atoms with Crippen molar-refractivity contribution in [2.45, 2.75) is 32.1 Å². The van der Waals surface area contributed by atoms with Gasteiger partial charge in [-0.2, -0.15) is 0 Å². The van der Waals surface area contributed by atoms with Crippen LogP contribution >= 0.6 is 0 Å². The number of benzene rings is 2. The van der Waals surface area contributed by atoms with Crippen LogP contribution in [-0.2, 0) is 20.4 Å². The Morgan fingerprint density at radius 2 is 1.65 bits per heavy atom. The lowest BCUT2D eigenvalue weighted by atomic mass is 10.0. The van der Waals surface area contributed by atoms with Crippen molar-refractivity contribution in [3.63, 3.8) is 0 Å². The molecule has 0 saturated heterocycles. The molecule has 0 spiro atoms. The van der Waals surface area contributed by atoms with Crippen LogP contribution in [0.25, 0.3) is 0 Å². The number of carbonyl (C=O) groups is 2. The minimum absolute atomic E-state index is 0.0195. The first-order chi connectivity index (χ1) is 14.7. The van der Waals surface area contributed by atoms with Gasteiger partial charge >= 0.3 is 0 Å². The number of amides is 2. The predicted octanol–water partition coefficient (Wildman–Crippen LogP) is 2.57. The van der Waals surface area contributed by atoms with E-state index in [0.717, 1.165) is 5.56 Å². The van der Waals surface area contributed by atoms with Gasteiger partial charge in [0, 0.05) is 12.1 Å². The lowest BCUT2D eigenvalue weighted by Crippen LogP contribution is -2.50. The number of carbonyl (C=O) groups excluding carboxylic acids is 2. The van der Waals surface area contributed by atoms with Gasteiger partial charge in [-0.05, 0) is 42.2 Å². The molecule has 0 fully saturated rings. The quantitative estimate of drug-likeness (QED) is 0.517. The van der Waals surface area contributed by atoms with Gasteiger partial charge in [0.1, 0.15) is 11.8 Å². The summed E-state index contributed by atoms with van der Waals surface area (Å²) in [5, 5.41) is 5.49. The molecule has 31 heavy (non-hydrogen) atoms. The monoisotopic (exact) mass is 446 g/mol. The van der Waals surface area contributed by atoms with E-state index in [9.17, 15) is 18.0 Å². The van der Waals surface area contributed by atoms with Crippen LogP contribution in [0.5, 0.6) is 5.75 Å². The van der Waals surface area contributed by atoms with Crippen LogP contribution in [0.3, 0.4) is 0 Å². The molecular formula is C23H30N2O5S. The standard InChI is InChI=1S/C23H30N2O5S/c1-17(2)21(25-22(26)19-10-12-20(30-3)13-11-19)23(27)24-14-7-15-31(28,29)16-18-8-5-4-6-9-18/h4-6,8-13,17,21H,7,14-16H2,1-3H3,(H,24,27)(H,25,26). The summed E-state index contributed by atoms with van der Waals surface area (Å²) in [5.41, 5.74) is 1.17. The molecule has 8 heteroatoms. The molecule has 168 valence electrons. The highest BCUT2D eigenvalue weighted by atomic mass is 32.2. The highest BCUT2D eigenvalue weighted by molar-refractivity contribution is 7.90. The summed E-state index contributed by atoms with van der Waals surface area (Å²) in [5.74, 6) is -0.235. The maximum Gasteiger partial charge on any atom is 0.251 e. The molecule has 1 unspecified atom stereocenters. The van der Waals surface area contributed by atoms with Crippen LogP contribution in [0.1, 0.15) is 36.2 Å². The Morgan fingerprint density at radius 3 is 2.23 bits per heavy atom. The smallest absolute Gasteiger partial charge is 0.251 e. The molecule has 2 aromatic rings. The molecule has 2 rings (SSSR count). The normalized spacial score (nSPS) is 12.3. The minimum atomic E-state index is -3.26. The Labute approximate surface area is 184 Å². The second kappa shape index (κ2) is 11.5. The summed E-state index contributed by atoms with van der Waals surface area (Å²) in [7, 11) is -1.72. The topological polar surface area (TPSA) is 102 Å². The van der Waals surface area contributed by atoms with E-state index < -0.39 is 15.9 Å². The van der Waals surface area contributed by atoms with Gasteiger partial charge in [0.15, 0.2) is 9.84 Å². The number of ether oxygens (including phenoxy) is 1. The molecule has 0 aromatic heterocycles. The van der Waals surface area contributed by atoms with Crippen LogP contribution in [0.15, 0.2) is 54.6 Å². The summed E-state index contributed by atoms with van der Waals surface area (Å²) in [6, 6.07) is 14.9.